The number of hydrogen-bond donors (Lipinski definition) is 1. The highest BCUT2D eigenvalue weighted by Crippen LogP contribution is 2.49. The lowest BCUT2D eigenvalue weighted by Gasteiger charge is -2.47. The summed E-state index contributed by atoms with van der Waals surface area (Å²) in [6, 6.07) is 8.46. The second-order valence-electron chi connectivity index (χ2n) is 5.24. The van der Waals surface area contributed by atoms with Gasteiger partial charge < -0.3 is 4.74 Å². The molecule has 3 atom stereocenters. The van der Waals surface area contributed by atoms with E-state index < -0.39 is 0 Å². The lowest BCUT2D eigenvalue weighted by atomic mass is 9.90. The van der Waals surface area contributed by atoms with E-state index in [0.29, 0.717) is 5.92 Å². The van der Waals surface area contributed by atoms with Crippen molar-refractivity contribution in [1.29, 1.82) is 0 Å². The van der Waals surface area contributed by atoms with Gasteiger partial charge >= 0.3 is 0 Å². The maximum atomic E-state index is 5.84. The third-order valence-electron chi connectivity index (χ3n) is 3.78. The smallest absolute Gasteiger partial charge is 0.125 e. The molecule has 1 spiro atoms. The fourth-order valence-corrected chi connectivity index (χ4v) is 4.22. The molecule has 92 valence electrons. The molecule has 0 radical (unpaired) electrons. The van der Waals surface area contributed by atoms with Crippen LogP contribution in [-0.4, -0.2) is 18.9 Å². The summed E-state index contributed by atoms with van der Waals surface area (Å²) in [6.07, 6.45) is 0. The number of fused-ring (bicyclic) bond motifs is 2. The first-order chi connectivity index (χ1) is 8.22. The summed E-state index contributed by atoms with van der Waals surface area (Å²) in [7, 11) is 0. The monoisotopic (exact) mass is 249 g/mol. The molecule has 2 aliphatic rings. The van der Waals surface area contributed by atoms with Gasteiger partial charge in [0.05, 0.1) is 11.5 Å². The lowest BCUT2D eigenvalue weighted by molar-refractivity contribution is 0.164. The van der Waals surface area contributed by atoms with E-state index in [4.69, 9.17) is 4.74 Å². The van der Waals surface area contributed by atoms with Crippen molar-refractivity contribution in [3.05, 3.63) is 29.8 Å². The molecular weight excluding hydrogens is 230 g/mol. The van der Waals surface area contributed by atoms with Gasteiger partial charge in [-0.2, -0.15) is 0 Å². The maximum Gasteiger partial charge on any atom is 0.125 e. The molecule has 0 bridgehead atoms. The van der Waals surface area contributed by atoms with Crippen LogP contribution in [0.3, 0.4) is 0 Å². The molecule has 1 aromatic carbocycles. The molecule has 3 rings (SSSR count). The molecule has 3 heteroatoms. The topological polar surface area (TPSA) is 21.3 Å². The highest BCUT2D eigenvalue weighted by Gasteiger charge is 2.45. The number of rotatable bonds is 0. The molecule has 2 heterocycles. The van der Waals surface area contributed by atoms with Crippen LogP contribution in [0, 0.1) is 11.8 Å². The van der Waals surface area contributed by atoms with Crippen molar-refractivity contribution in [1.82, 2.24) is 5.32 Å². The molecule has 1 aromatic rings. The largest absolute Gasteiger partial charge is 0.493 e. The first kappa shape index (κ1) is 11.4. The van der Waals surface area contributed by atoms with E-state index in [0.717, 1.165) is 24.8 Å². The van der Waals surface area contributed by atoms with Crippen molar-refractivity contribution < 1.29 is 4.74 Å². The van der Waals surface area contributed by atoms with Gasteiger partial charge in [0.2, 0.25) is 0 Å². The van der Waals surface area contributed by atoms with E-state index in [2.05, 4.69) is 55.2 Å². The zero-order chi connectivity index (χ0) is 11.9. The standard InChI is InChI=1S/C14H19NOS/c1-10-7-15-14(17-9-10)11(2)8-16-13-6-4-3-5-12(13)14/h3-6,10-11,15H,7-9H2,1-2H3. The van der Waals surface area contributed by atoms with Gasteiger partial charge in [-0.15, -0.1) is 11.8 Å². The van der Waals surface area contributed by atoms with Crippen LogP contribution in [0.5, 0.6) is 5.75 Å². The second-order valence-corrected chi connectivity index (χ2v) is 6.51. The molecule has 1 N–H and O–H groups in total. The fourth-order valence-electron chi connectivity index (χ4n) is 2.70. The quantitative estimate of drug-likeness (QED) is 0.764. The van der Waals surface area contributed by atoms with Crippen LogP contribution in [0.2, 0.25) is 0 Å². The minimum Gasteiger partial charge on any atom is -0.493 e. The summed E-state index contributed by atoms with van der Waals surface area (Å²) >= 11 is 2.05. The van der Waals surface area contributed by atoms with E-state index in [9.17, 15) is 0 Å². The molecule has 3 unspecified atom stereocenters. The van der Waals surface area contributed by atoms with E-state index in [1.165, 1.54) is 11.3 Å². The number of nitrogens with one attached hydrogen (secondary N) is 1. The Labute approximate surface area is 107 Å². The molecule has 1 fully saturated rings. The van der Waals surface area contributed by atoms with E-state index in [-0.39, 0.29) is 4.87 Å². The number of benzene rings is 1. The van der Waals surface area contributed by atoms with Gasteiger partial charge in [-0.3, -0.25) is 5.32 Å². The Morgan fingerprint density at radius 3 is 2.94 bits per heavy atom. The lowest BCUT2D eigenvalue weighted by Crippen LogP contribution is -2.53. The molecule has 2 nitrogen and oxygen atoms in total. The number of para-hydroxylation sites is 1. The highest BCUT2D eigenvalue weighted by atomic mass is 32.2. The zero-order valence-electron chi connectivity index (χ0n) is 10.4. The van der Waals surface area contributed by atoms with Crippen molar-refractivity contribution in [3.63, 3.8) is 0 Å². The van der Waals surface area contributed by atoms with Crippen molar-refractivity contribution in [3.8, 4) is 5.75 Å². The van der Waals surface area contributed by atoms with Crippen LogP contribution in [0.1, 0.15) is 19.4 Å². The molecule has 0 aromatic heterocycles. The average Bonchev–Trinajstić information content (AvgIpc) is 2.37. The van der Waals surface area contributed by atoms with E-state index in [1.54, 1.807) is 0 Å². The highest BCUT2D eigenvalue weighted by molar-refractivity contribution is 8.00. The van der Waals surface area contributed by atoms with Crippen LogP contribution in [-0.2, 0) is 4.87 Å². The van der Waals surface area contributed by atoms with Crippen molar-refractivity contribution in [2.75, 3.05) is 18.9 Å². The van der Waals surface area contributed by atoms with Crippen LogP contribution in [0.4, 0.5) is 0 Å². The molecule has 17 heavy (non-hydrogen) atoms. The summed E-state index contributed by atoms with van der Waals surface area (Å²) in [4.78, 5) is 0.0708. The van der Waals surface area contributed by atoms with Gasteiger partial charge in [0.15, 0.2) is 0 Å². The first-order valence-electron chi connectivity index (χ1n) is 6.33. The molecular formula is C14H19NOS. The Balaban J connectivity index is 2.03. The van der Waals surface area contributed by atoms with E-state index >= 15 is 0 Å². The van der Waals surface area contributed by atoms with Crippen molar-refractivity contribution in [2.24, 2.45) is 11.8 Å². The first-order valence-corrected chi connectivity index (χ1v) is 7.32. The average molecular weight is 249 g/mol. The van der Waals surface area contributed by atoms with Gasteiger partial charge in [0.25, 0.3) is 0 Å². The summed E-state index contributed by atoms with van der Waals surface area (Å²) < 4.78 is 5.84. The molecule has 1 saturated heterocycles. The molecule has 2 aliphatic heterocycles. The van der Waals surface area contributed by atoms with Crippen molar-refractivity contribution >= 4 is 11.8 Å². The number of hydrogen-bond acceptors (Lipinski definition) is 3. The Morgan fingerprint density at radius 2 is 2.18 bits per heavy atom. The zero-order valence-corrected chi connectivity index (χ0v) is 11.2. The van der Waals surface area contributed by atoms with Gasteiger partial charge in [0, 0.05) is 18.0 Å². The van der Waals surface area contributed by atoms with Gasteiger partial charge in [-0.05, 0) is 17.7 Å². The molecule has 0 saturated carbocycles. The van der Waals surface area contributed by atoms with Gasteiger partial charge in [-0.1, -0.05) is 32.0 Å². The Bertz CT molecular complexity index is 412. The normalized spacial score (nSPS) is 36.4. The summed E-state index contributed by atoms with van der Waals surface area (Å²) in [5, 5.41) is 3.77. The van der Waals surface area contributed by atoms with Crippen LogP contribution in [0.25, 0.3) is 0 Å². The Hall–Kier alpha value is -0.670. The number of ether oxygens (including phenoxy) is 1. The maximum absolute atomic E-state index is 5.84. The molecule has 0 amide bonds. The minimum absolute atomic E-state index is 0.0708. The fraction of sp³-hybridized carbons (Fsp3) is 0.571. The van der Waals surface area contributed by atoms with Gasteiger partial charge in [0.1, 0.15) is 5.75 Å². The van der Waals surface area contributed by atoms with Crippen LogP contribution in [0.15, 0.2) is 24.3 Å². The predicted molar refractivity (Wildman–Crippen MR) is 72.4 cm³/mol. The number of thioether (sulfide) groups is 1. The minimum atomic E-state index is 0.0708. The third kappa shape index (κ3) is 1.76. The van der Waals surface area contributed by atoms with E-state index in [1.807, 2.05) is 0 Å². The summed E-state index contributed by atoms with van der Waals surface area (Å²) in [5.41, 5.74) is 1.33. The third-order valence-corrected chi connectivity index (χ3v) is 5.74. The van der Waals surface area contributed by atoms with Crippen molar-refractivity contribution in [2.45, 2.75) is 18.7 Å². The van der Waals surface area contributed by atoms with Crippen LogP contribution < -0.4 is 10.1 Å². The van der Waals surface area contributed by atoms with Crippen LogP contribution >= 0.6 is 11.8 Å². The Kier molecular flexibility index (Phi) is 2.83. The summed E-state index contributed by atoms with van der Waals surface area (Å²) in [5.74, 6) is 3.55. The molecule has 0 aliphatic carbocycles. The Morgan fingerprint density at radius 1 is 1.35 bits per heavy atom. The second kappa shape index (κ2) is 4.21. The summed E-state index contributed by atoms with van der Waals surface area (Å²) in [6.45, 7) is 6.51. The van der Waals surface area contributed by atoms with Gasteiger partial charge in [-0.25, -0.2) is 0 Å². The SMILES string of the molecule is CC1CNC2(SC1)c1ccccc1OCC2C. The predicted octanol–water partition coefficient (Wildman–Crippen LogP) is 2.84.